The van der Waals surface area contributed by atoms with E-state index < -0.39 is 28.0 Å². The zero-order valence-corrected chi connectivity index (χ0v) is 10.3. The third kappa shape index (κ3) is 2.35. The minimum Gasteiger partial charge on any atom is -0.477 e. The van der Waals surface area contributed by atoms with Crippen molar-refractivity contribution < 1.29 is 19.2 Å². The predicted octanol–water partition coefficient (Wildman–Crippen LogP) is 2.42. The van der Waals surface area contributed by atoms with Gasteiger partial charge in [0.1, 0.15) is 5.56 Å². The lowest BCUT2D eigenvalue weighted by Crippen LogP contribution is -2.37. The van der Waals surface area contributed by atoms with Crippen molar-refractivity contribution >= 4 is 17.3 Å². The summed E-state index contributed by atoms with van der Waals surface area (Å²) < 4.78 is 13.9. The number of halogens is 1. The van der Waals surface area contributed by atoms with Gasteiger partial charge >= 0.3 is 5.97 Å². The molecule has 1 fully saturated rings. The smallest absolute Gasteiger partial charge is 0.342 e. The van der Waals surface area contributed by atoms with Gasteiger partial charge in [-0.05, 0) is 25.3 Å². The lowest BCUT2D eigenvalue weighted by molar-refractivity contribution is -0.385. The Morgan fingerprint density at radius 1 is 1.53 bits per heavy atom. The first-order chi connectivity index (χ1) is 8.91. The van der Waals surface area contributed by atoms with Crippen molar-refractivity contribution in [3.63, 3.8) is 0 Å². The van der Waals surface area contributed by atoms with Crippen molar-refractivity contribution in [3.05, 3.63) is 33.6 Å². The molecule has 19 heavy (non-hydrogen) atoms. The van der Waals surface area contributed by atoms with Crippen LogP contribution in [0.3, 0.4) is 0 Å². The van der Waals surface area contributed by atoms with Gasteiger partial charge in [-0.1, -0.05) is 0 Å². The van der Waals surface area contributed by atoms with Crippen LogP contribution in [0.1, 0.15) is 29.6 Å². The Morgan fingerprint density at radius 2 is 2.16 bits per heavy atom. The van der Waals surface area contributed by atoms with Gasteiger partial charge in [-0.3, -0.25) is 10.1 Å². The molecule has 0 radical (unpaired) electrons. The number of rotatable bonds is 4. The number of hydrogen-bond donors (Lipinski definition) is 1. The Bertz CT molecular complexity index is 543. The highest BCUT2D eigenvalue weighted by Gasteiger charge is 2.28. The molecule has 0 atom stereocenters. The summed E-state index contributed by atoms with van der Waals surface area (Å²) >= 11 is 0. The normalized spacial score (nSPS) is 14.8. The van der Waals surface area contributed by atoms with E-state index >= 15 is 0 Å². The van der Waals surface area contributed by atoms with Crippen LogP contribution in [0.5, 0.6) is 0 Å². The SMILES string of the molecule is CN(c1cc(C(=O)O)c([N+](=O)[O-])cc1F)C1CCC1. The summed E-state index contributed by atoms with van der Waals surface area (Å²) in [6, 6.07) is 1.87. The molecule has 7 heteroatoms. The highest BCUT2D eigenvalue weighted by atomic mass is 19.1. The van der Waals surface area contributed by atoms with Gasteiger partial charge in [0.15, 0.2) is 5.82 Å². The summed E-state index contributed by atoms with van der Waals surface area (Å²) in [5.41, 5.74) is -1.13. The van der Waals surface area contributed by atoms with Gasteiger partial charge in [0.05, 0.1) is 16.7 Å². The number of benzene rings is 1. The van der Waals surface area contributed by atoms with Crippen molar-refractivity contribution in [2.45, 2.75) is 25.3 Å². The first kappa shape index (κ1) is 13.3. The van der Waals surface area contributed by atoms with Gasteiger partial charge in [-0.15, -0.1) is 0 Å². The maximum Gasteiger partial charge on any atom is 0.342 e. The largest absolute Gasteiger partial charge is 0.477 e. The number of nitro groups is 1. The van der Waals surface area contributed by atoms with Crippen LogP contribution in [0.4, 0.5) is 15.8 Å². The monoisotopic (exact) mass is 268 g/mol. The predicted molar refractivity (Wildman–Crippen MR) is 66.1 cm³/mol. The molecule has 1 saturated carbocycles. The molecule has 0 aromatic heterocycles. The number of aromatic carboxylic acids is 1. The molecule has 1 aliphatic carbocycles. The number of carboxylic acids is 1. The van der Waals surface area contributed by atoms with E-state index in [1.54, 1.807) is 11.9 Å². The van der Waals surface area contributed by atoms with E-state index in [1.165, 1.54) is 0 Å². The molecule has 0 amide bonds. The third-order valence-electron chi connectivity index (χ3n) is 3.49. The quantitative estimate of drug-likeness (QED) is 0.669. The first-order valence-electron chi connectivity index (χ1n) is 5.86. The summed E-state index contributed by atoms with van der Waals surface area (Å²) in [5.74, 6) is -2.21. The van der Waals surface area contributed by atoms with E-state index in [0.29, 0.717) is 6.07 Å². The van der Waals surface area contributed by atoms with Gasteiger partial charge in [0, 0.05) is 13.1 Å². The van der Waals surface area contributed by atoms with Crippen LogP contribution in [0.25, 0.3) is 0 Å². The first-order valence-corrected chi connectivity index (χ1v) is 5.86. The lowest BCUT2D eigenvalue weighted by Gasteiger charge is -2.36. The summed E-state index contributed by atoms with van der Waals surface area (Å²) in [7, 11) is 1.67. The van der Waals surface area contributed by atoms with Gasteiger partial charge < -0.3 is 10.0 Å². The maximum atomic E-state index is 13.9. The van der Waals surface area contributed by atoms with E-state index in [4.69, 9.17) is 5.11 Å². The van der Waals surface area contributed by atoms with Crippen molar-refractivity contribution in [1.29, 1.82) is 0 Å². The molecule has 6 nitrogen and oxygen atoms in total. The molecule has 102 valence electrons. The lowest BCUT2D eigenvalue weighted by atomic mass is 9.91. The molecular formula is C12H13FN2O4. The maximum absolute atomic E-state index is 13.9. The van der Waals surface area contributed by atoms with E-state index in [-0.39, 0.29) is 11.7 Å². The van der Waals surface area contributed by atoms with Crippen LogP contribution in [-0.4, -0.2) is 29.1 Å². The van der Waals surface area contributed by atoms with Crippen LogP contribution in [0.2, 0.25) is 0 Å². The average molecular weight is 268 g/mol. The van der Waals surface area contributed by atoms with Gasteiger partial charge in [0.2, 0.25) is 0 Å². The molecule has 0 saturated heterocycles. The second-order valence-electron chi connectivity index (χ2n) is 4.58. The Labute approximate surface area is 108 Å². The Balaban J connectivity index is 2.47. The highest BCUT2D eigenvalue weighted by Crippen LogP contribution is 2.33. The minimum absolute atomic E-state index is 0.0905. The second kappa shape index (κ2) is 4.83. The van der Waals surface area contributed by atoms with Crippen molar-refractivity contribution in [3.8, 4) is 0 Å². The Morgan fingerprint density at radius 3 is 2.58 bits per heavy atom. The van der Waals surface area contributed by atoms with Crippen LogP contribution < -0.4 is 4.90 Å². The molecule has 2 rings (SSSR count). The number of anilines is 1. The van der Waals surface area contributed by atoms with Gasteiger partial charge in [0.25, 0.3) is 5.69 Å². The molecule has 1 aromatic rings. The summed E-state index contributed by atoms with van der Waals surface area (Å²) in [6.45, 7) is 0. The van der Waals surface area contributed by atoms with Crippen LogP contribution in [0, 0.1) is 15.9 Å². The Kier molecular flexibility index (Phi) is 3.37. The highest BCUT2D eigenvalue weighted by molar-refractivity contribution is 5.93. The zero-order chi connectivity index (χ0) is 14.2. The molecule has 1 N–H and O–H groups in total. The summed E-state index contributed by atoms with van der Waals surface area (Å²) in [6.07, 6.45) is 2.88. The van der Waals surface area contributed by atoms with E-state index in [1.807, 2.05) is 0 Å². The minimum atomic E-state index is -1.44. The summed E-state index contributed by atoms with van der Waals surface area (Å²) in [4.78, 5) is 22.5. The molecule has 1 aromatic carbocycles. The standard InChI is InChI=1S/C12H13FN2O4/c1-14(7-3-2-4-7)11-5-8(12(16)17)10(15(18)19)6-9(11)13/h5-7H,2-4H2,1H3,(H,16,17). The van der Waals surface area contributed by atoms with Crippen molar-refractivity contribution in [1.82, 2.24) is 0 Å². The average Bonchev–Trinajstić information content (AvgIpc) is 2.25. The number of hydrogen-bond acceptors (Lipinski definition) is 4. The molecule has 0 bridgehead atoms. The molecule has 0 spiro atoms. The van der Waals surface area contributed by atoms with Crippen LogP contribution >= 0.6 is 0 Å². The summed E-state index contributed by atoms with van der Waals surface area (Å²) in [5, 5.41) is 19.7. The van der Waals surface area contributed by atoms with Gasteiger partial charge in [-0.2, -0.15) is 0 Å². The molecule has 0 unspecified atom stereocenters. The number of nitro benzene ring substituents is 1. The van der Waals surface area contributed by atoms with Crippen LogP contribution in [-0.2, 0) is 0 Å². The van der Waals surface area contributed by atoms with E-state index in [2.05, 4.69) is 0 Å². The number of carbonyl (C=O) groups is 1. The van der Waals surface area contributed by atoms with E-state index in [9.17, 15) is 19.3 Å². The molecule has 0 aliphatic heterocycles. The van der Waals surface area contributed by atoms with Crippen molar-refractivity contribution in [2.75, 3.05) is 11.9 Å². The van der Waals surface area contributed by atoms with Gasteiger partial charge in [-0.25, -0.2) is 9.18 Å². The van der Waals surface area contributed by atoms with E-state index in [0.717, 1.165) is 25.3 Å². The zero-order valence-electron chi connectivity index (χ0n) is 10.3. The second-order valence-corrected chi connectivity index (χ2v) is 4.58. The number of nitrogens with zero attached hydrogens (tertiary/aromatic N) is 2. The molecule has 0 heterocycles. The van der Waals surface area contributed by atoms with Crippen LogP contribution in [0.15, 0.2) is 12.1 Å². The fraction of sp³-hybridized carbons (Fsp3) is 0.417. The Hall–Kier alpha value is -2.18. The van der Waals surface area contributed by atoms with Crippen molar-refractivity contribution in [2.24, 2.45) is 0 Å². The fourth-order valence-corrected chi connectivity index (χ4v) is 2.11. The fourth-order valence-electron chi connectivity index (χ4n) is 2.11. The third-order valence-corrected chi connectivity index (χ3v) is 3.49. The number of carboxylic acid groups (broad SMARTS) is 1. The topological polar surface area (TPSA) is 83.7 Å². The molecular weight excluding hydrogens is 255 g/mol. The molecule has 1 aliphatic rings.